The standard InChI is InChI=1S/C30H48N6O6Si2/c1-29(2,3)43(7,8)40-18-23-22(42-44(9,10)30(4,5)6)17-24(41-23)35-19-32-25-26(35)33-28(31)34-27(25)39-16-15-20-11-13-21(14-12-20)36(37)38/h11-14,19,22-24H,15-18H2,1-10H3,(H2,31,33,34)/t22-,23+,24+/m0/s1. The van der Waals surface area contributed by atoms with Crippen LogP contribution in [0.2, 0.25) is 36.3 Å². The van der Waals surface area contributed by atoms with Crippen LogP contribution in [0.3, 0.4) is 0 Å². The summed E-state index contributed by atoms with van der Waals surface area (Å²) in [5.74, 6) is 0.340. The average molecular weight is 645 g/mol. The van der Waals surface area contributed by atoms with E-state index in [1.54, 1.807) is 18.5 Å². The molecule has 0 spiro atoms. The van der Waals surface area contributed by atoms with Crippen molar-refractivity contribution in [1.82, 2.24) is 19.5 Å². The summed E-state index contributed by atoms with van der Waals surface area (Å²) in [5.41, 5.74) is 8.07. The Balaban J connectivity index is 1.55. The van der Waals surface area contributed by atoms with Gasteiger partial charge in [-0.15, -0.1) is 0 Å². The molecule has 1 saturated heterocycles. The number of nitro benzene ring substituents is 1. The van der Waals surface area contributed by atoms with Crippen molar-refractivity contribution in [3.63, 3.8) is 0 Å². The lowest BCUT2D eigenvalue weighted by atomic mass is 10.1. The van der Waals surface area contributed by atoms with Crippen LogP contribution in [0.15, 0.2) is 30.6 Å². The first-order valence-electron chi connectivity index (χ1n) is 15.1. The number of imidazole rings is 1. The predicted molar refractivity (Wildman–Crippen MR) is 176 cm³/mol. The van der Waals surface area contributed by atoms with E-state index in [4.69, 9.17) is 24.1 Å². The van der Waals surface area contributed by atoms with Gasteiger partial charge in [-0.05, 0) is 41.8 Å². The third kappa shape index (κ3) is 7.47. The van der Waals surface area contributed by atoms with Crippen molar-refractivity contribution in [1.29, 1.82) is 0 Å². The fraction of sp³-hybridized carbons (Fsp3) is 0.633. The fourth-order valence-electron chi connectivity index (χ4n) is 4.48. The Bertz CT molecular complexity index is 1470. The van der Waals surface area contributed by atoms with Gasteiger partial charge in [-0.3, -0.25) is 14.7 Å². The highest BCUT2D eigenvalue weighted by molar-refractivity contribution is 6.74. The zero-order valence-corrected chi connectivity index (χ0v) is 29.7. The molecule has 0 saturated carbocycles. The number of fused-ring (bicyclic) bond motifs is 1. The van der Waals surface area contributed by atoms with E-state index in [0.717, 1.165) is 5.56 Å². The Morgan fingerprint density at radius 2 is 1.68 bits per heavy atom. The van der Waals surface area contributed by atoms with Crippen LogP contribution in [0.4, 0.5) is 11.6 Å². The summed E-state index contributed by atoms with van der Waals surface area (Å²) in [6.07, 6.45) is 2.04. The third-order valence-electron chi connectivity index (χ3n) is 9.34. The molecule has 44 heavy (non-hydrogen) atoms. The van der Waals surface area contributed by atoms with Crippen molar-refractivity contribution in [3.8, 4) is 5.88 Å². The van der Waals surface area contributed by atoms with Crippen molar-refractivity contribution in [3.05, 3.63) is 46.3 Å². The molecule has 12 nitrogen and oxygen atoms in total. The van der Waals surface area contributed by atoms with Crippen LogP contribution in [-0.4, -0.2) is 66.5 Å². The van der Waals surface area contributed by atoms with Crippen LogP contribution in [0.1, 0.15) is 59.8 Å². The van der Waals surface area contributed by atoms with Gasteiger partial charge in [0.1, 0.15) is 12.3 Å². The number of hydrogen-bond donors (Lipinski definition) is 1. The maximum Gasteiger partial charge on any atom is 0.269 e. The van der Waals surface area contributed by atoms with Crippen molar-refractivity contribution < 1.29 is 23.2 Å². The maximum absolute atomic E-state index is 10.9. The van der Waals surface area contributed by atoms with E-state index in [1.807, 2.05) is 4.57 Å². The van der Waals surface area contributed by atoms with E-state index in [-0.39, 0.29) is 52.6 Å². The zero-order chi connectivity index (χ0) is 32.7. The van der Waals surface area contributed by atoms with Gasteiger partial charge < -0.3 is 24.1 Å². The van der Waals surface area contributed by atoms with Crippen molar-refractivity contribution in [2.24, 2.45) is 0 Å². The number of rotatable bonds is 11. The highest BCUT2D eigenvalue weighted by Gasteiger charge is 2.47. The Hall–Kier alpha value is -2.92. The van der Waals surface area contributed by atoms with Gasteiger partial charge in [0.15, 0.2) is 27.8 Å². The van der Waals surface area contributed by atoms with Crippen molar-refractivity contribution in [2.75, 3.05) is 18.9 Å². The summed E-state index contributed by atoms with van der Waals surface area (Å²) in [7, 11) is -4.13. The summed E-state index contributed by atoms with van der Waals surface area (Å²) in [6, 6.07) is 6.38. The molecule has 242 valence electrons. The maximum atomic E-state index is 10.9. The molecule has 0 bridgehead atoms. The number of benzene rings is 1. The number of ether oxygens (including phenoxy) is 2. The molecular weight excluding hydrogens is 597 g/mol. The first-order chi connectivity index (χ1) is 20.3. The minimum Gasteiger partial charge on any atom is -0.476 e. The van der Waals surface area contributed by atoms with Gasteiger partial charge >= 0.3 is 0 Å². The molecule has 3 aromatic rings. The molecule has 4 rings (SSSR count). The number of hydrogen-bond acceptors (Lipinski definition) is 10. The molecule has 1 fully saturated rings. The van der Waals surface area contributed by atoms with Gasteiger partial charge in [0.25, 0.3) is 5.69 Å². The molecule has 3 heterocycles. The number of aromatic nitrogens is 4. The first kappa shape index (κ1) is 34.0. The first-order valence-corrected chi connectivity index (χ1v) is 20.9. The highest BCUT2D eigenvalue weighted by Crippen LogP contribution is 2.43. The predicted octanol–water partition coefficient (Wildman–Crippen LogP) is 6.64. The van der Waals surface area contributed by atoms with Crippen molar-refractivity contribution in [2.45, 2.75) is 109 Å². The smallest absolute Gasteiger partial charge is 0.269 e. The summed E-state index contributed by atoms with van der Waals surface area (Å²) < 4.78 is 28.1. The molecule has 2 aromatic heterocycles. The van der Waals surface area contributed by atoms with E-state index in [0.29, 0.717) is 30.6 Å². The highest BCUT2D eigenvalue weighted by atomic mass is 28.4. The quantitative estimate of drug-likeness (QED) is 0.137. The number of anilines is 1. The average Bonchev–Trinajstić information content (AvgIpc) is 3.50. The normalized spacial score (nSPS) is 19.9. The second kappa shape index (κ2) is 12.5. The van der Waals surface area contributed by atoms with Gasteiger partial charge in [0.05, 0.1) is 30.6 Å². The lowest BCUT2D eigenvalue weighted by Gasteiger charge is -2.40. The van der Waals surface area contributed by atoms with E-state index in [1.165, 1.54) is 12.1 Å². The zero-order valence-electron chi connectivity index (χ0n) is 27.7. The SMILES string of the molecule is CC(C)(C)[Si](C)(C)OC[C@H]1O[C@@H](n2cnc3c(OCCc4ccc([N+](=O)[O-])cc4)nc(N)nc32)C[C@@H]1O[Si](C)(C)C(C)(C)C. The van der Waals surface area contributed by atoms with Gasteiger partial charge in [0.2, 0.25) is 11.8 Å². The summed E-state index contributed by atoms with van der Waals surface area (Å²) in [6.45, 7) is 23.1. The van der Waals surface area contributed by atoms with E-state index in [9.17, 15) is 10.1 Å². The Kier molecular flexibility index (Phi) is 9.62. The molecule has 3 atom stereocenters. The summed E-state index contributed by atoms with van der Waals surface area (Å²) in [5, 5.41) is 11.1. The van der Waals surface area contributed by atoms with E-state index in [2.05, 4.69) is 82.7 Å². The van der Waals surface area contributed by atoms with Gasteiger partial charge in [-0.2, -0.15) is 9.97 Å². The minimum absolute atomic E-state index is 0.0417. The molecule has 0 amide bonds. The second-order valence-corrected chi connectivity index (χ2v) is 24.2. The minimum atomic E-state index is -2.11. The molecule has 0 unspecified atom stereocenters. The number of nitrogens with two attached hydrogens (primary N) is 1. The van der Waals surface area contributed by atoms with E-state index >= 15 is 0 Å². The van der Waals surface area contributed by atoms with Gasteiger partial charge in [0, 0.05) is 25.0 Å². The number of nitrogen functional groups attached to an aromatic ring is 1. The van der Waals surface area contributed by atoms with Crippen LogP contribution in [-0.2, 0) is 20.0 Å². The second-order valence-electron chi connectivity index (χ2n) is 14.6. The van der Waals surface area contributed by atoms with Crippen LogP contribution in [0, 0.1) is 10.1 Å². The van der Waals surface area contributed by atoms with Gasteiger partial charge in [-0.1, -0.05) is 53.7 Å². The van der Waals surface area contributed by atoms with Crippen LogP contribution in [0.25, 0.3) is 11.2 Å². The molecule has 14 heteroatoms. The molecule has 2 N–H and O–H groups in total. The Morgan fingerprint density at radius 1 is 1.05 bits per heavy atom. The summed E-state index contributed by atoms with van der Waals surface area (Å²) in [4.78, 5) is 23.9. The lowest BCUT2D eigenvalue weighted by Crippen LogP contribution is -2.48. The molecule has 0 radical (unpaired) electrons. The molecular formula is C30H48N6O6Si2. The number of nitrogens with zero attached hydrogens (tertiary/aromatic N) is 5. The third-order valence-corrected chi connectivity index (χ3v) is 18.3. The van der Waals surface area contributed by atoms with Crippen molar-refractivity contribution >= 4 is 39.4 Å². The summed E-state index contributed by atoms with van der Waals surface area (Å²) >= 11 is 0. The number of nitro groups is 1. The Morgan fingerprint density at radius 3 is 2.27 bits per heavy atom. The largest absolute Gasteiger partial charge is 0.476 e. The Labute approximate surface area is 262 Å². The number of non-ortho nitro benzene ring substituents is 1. The van der Waals surface area contributed by atoms with Gasteiger partial charge in [-0.25, -0.2) is 4.98 Å². The van der Waals surface area contributed by atoms with Crippen LogP contribution < -0.4 is 10.5 Å². The monoisotopic (exact) mass is 644 g/mol. The molecule has 0 aliphatic carbocycles. The molecule has 1 aromatic carbocycles. The van der Waals surface area contributed by atoms with Crippen LogP contribution in [0.5, 0.6) is 5.88 Å². The molecule has 1 aliphatic heterocycles. The fourth-order valence-corrected chi connectivity index (χ4v) is 6.85. The van der Waals surface area contributed by atoms with E-state index < -0.39 is 21.6 Å². The van der Waals surface area contributed by atoms with Crippen LogP contribution >= 0.6 is 0 Å². The lowest BCUT2D eigenvalue weighted by molar-refractivity contribution is -0.384. The topological polar surface area (TPSA) is 150 Å². The molecule has 1 aliphatic rings.